The maximum absolute atomic E-state index is 12.1. The molecule has 0 spiro atoms. The average molecular weight is 314 g/mol. The zero-order valence-electron chi connectivity index (χ0n) is 12.9. The standard InChI is InChI=1S/C16H18N4O3/c1-23-15-7-6-12(9-17-15)18-14(21)10-20-16(22)8-11-4-2-3-5-13(11)19-20/h6-9H,2-5,10H2,1H3,(H,18,21). The summed E-state index contributed by atoms with van der Waals surface area (Å²) in [6.07, 6.45) is 5.41. The molecule has 0 saturated heterocycles. The van der Waals surface area contributed by atoms with Crippen molar-refractivity contribution in [2.24, 2.45) is 0 Å². The van der Waals surface area contributed by atoms with Crippen LogP contribution in [0.15, 0.2) is 29.2 Å². The average Bonchev–Trinajstić information content (AvgIpc) is 2.56. The molecule has 2 aromatic heterocycles. The quantitative estimate of drug-likeness (QED) is 0.915. The number of hydrogen-bond donors (Lipinski definition) is 1. The molecule has 1 N–H and O–H groups in total. The molecule has 0 bridgehead atoms. The number of hydrogen-bond acceptors (Lipinski definition) is 5. The first-order valence-electron chi connectivity index (χ1n) is 7.55. The van der Waals surface area contributed by atoms with Gasteiger partial charge in [-0.05, 0) is 37.3 Å². The molecule has 120 valence electrons. The highest BCUT2D eigenvalue weighted by atomic mass is 16.5. The minimum atomic E-state index is -0.317. The van der Waals surface area contributed by atoms with Crippen LogP contribution in [0.2, 0.25) is 0 Å². The summed E-state index contributed by atoms with van der Waals surface area (Å²) in [5.74, 6) is 0.151. The van der Waals surface area contributed by atoms with Crippen LogP contribution in [0.4, 0.5) is 5.69 Å². The first-order chi connectivity index (χ1) is 11.2. The molecule has 7 nitrogen and oxygen atoms in total. The molecule has 0 fully saturated rings. The number of carbonyl (C=O) groups excluding carboxylic acids is 1. The van der Waals surface area contributed by atoms with E-state index in [-0.39, 0.29) is 18.0 Å². The Balaban J connectivity index is 1.71. The Morgan fingerprint density at radius 2 is 2.17 bits per heavy atom. The minimum absolute atomic E-state index is 0.113. The van der Waals surface area contributed by atoms with Gasteiger partial charge in [0.2, 0.25) is 11.8 Å². The molecule has 23 heavy (non-hydrogen) atoms. The normalized spacial score (nSPS) is 13.3. The molecule has 0 aliphatic heterocycles. The van der Waals surface area contributed by atoms with E-state index in [1.54, 1.807) is 18.2 Å². The van der Waals surface area contributed by atoms with Crippen molar-refractivity contribution in [2.75, 3.05) is 12.4 Å². The Morgan fingerprint density at radius 3 is 2.91 bits per heavy atom. The fourth-order valence-electron chi connectivity index (χ4n) is 2.63. The number of nitrogens with zero attached hydrogens (tertiary/aromatic N) is 3. The molecule has 3 rings (SSSR count). The van der Waals surface area contributed by atoms with Crippen molar-refractivity contribution < 1.29 is 9.53 Å². The molecular formula is C16H18N4O3. The number of amides is 1. The molecule has 2 heterocycles. The van der Waals surface area contributed by atoms with Gasteiger partial charge in [-0.1, -0.05) is 0 Å². The number of anilines is 1. The molecule has 0 atom stereocenters. The summed E-state index contributed by atoms with van der Waals surface area (Å²) in [5, 5.41) is 7.02. The molecule has 0 radical (unpaired) electrons. The van der Waals surface area contributed by atoms with Gasteiger partial charge in [0.1, 0.15) is 6.54 Å². The van der Waals surface area contributed by atoms with Crippen LogP contribution in [0, 0.1) is 0 Å². The van der Waals surface area contributed by atoms with Gasteiger partial charge in [0, 0.05) is 12.1 Å². The van der Waals surface area contributed by atoms with E-state index in [0.29, 0.717) is 11.6 Å². The van der Waals surface area contributed by atoms with Crippen LogP contribution in [0.1, 0.15) is 24.1 Å². The first kappa shape index (κ1) is 15.2. The molecule has 0 aromatic carbocycles. The van der Waals surface area contributed by atoms with Crippen LogP contribution in [0.25, 0.3) is 0 Å². The Bertz CT molecular complexity index is 768. The minimum Gasteiger partial charge on any atom is -0.481 e. The largest absolute Gasteiger partial charge is 0.481 e. The van der Waals surface area contributed by atoms with Gasteiger partial charge in [0.05, 0.1) is 24.7 Å². The highest BCUT2D eigenvalue weighted by Gasteiger charge is 2.14. The number of aryl methyl sites for hydroxylation is 2. The second-order valence-corrected chi connectivity index (χ2v) is 5.46. The van der Waals surface area contributed by atoms with E-state index >= 15 is 0 Å². The number of fused-ring (bicyclic) bond motifs is 1. The third kappa shape index (κ3) is 3.56. The summed E-state index contributed by atoms with van der Waals surface area (Å²) in [7, 11) is 1.52. The topological polar surface area (TPSA) is 86.1 Å². The first-order valence-corrected chi connectivity index (χ1v) is 7.55. The molecule has 1 aliphatic carbocycles. The lowest BCUT2D eigenvalue weighted by atomic mass is 9.97. The number of methoxy groups -OCH3 is 1. The van der Waals surface area contributed by atoms with E-state index < -0.39 is 0 Å². The van der Waals surface area contributed by atoms with Gasteiger partial charge in [-0.3, -0.25) is 9.59 Å². The lowest BCUT2D eigenvalue weighted by Crippen LogP contribution is -2.31. The van der Waals surface area contributed by atoms with Crippen LogP contribution in [-0.2, 0) is 24.2 Å². The zero-order valence-corrected chi connectivity index (χ0v) is 12.9. The summed E-state index contributed by atoms with van der Waals surface area (Å²) in [5.41, 5.74) is 2.24. The van der Waals surface area contributed by atoms with Crippen molar-refractivity contribution in [1.29, 1.82) is 0 Å². The summed E-state index contributed by atoms with van der Waals surface area (Å²) in [6, 6.07) is 4.94. The number of ether oxygens (including phenoxy) is 1. The van der Waals surface area contributed by atoms with Crippen LogP contribution in [-0.4, -0.2) is 27.8 Å². The number of aromatic nitrogens is 3. The van der Waals surface area contributed by atoms with Crippen molar-refractivity contribution in [1.82, 2.24) is 14.8 Å². The van der Waals surface area contributed by atoms with E-state index in [4.69, 9.17) is 4.74 Å². The number of rotatable bonds is 4. The van der Waals surface area contributed by atoms with E-state index in [9.17, 15) is 9.59 Å². The van der Waals surface area contributed by atoms with Crippen molar-refractivity contribution >= 4 is 11.6 Å². The molecule has 1 aliphatic rings. The summed E-state index contributed by atoms with van der Waals surface area (Å²) >= 11 is 0. The molecule has 2 aromatic rings. The van der Waals surface area contributed by atoms with Gasteiger partial charge in [0.25, 0.3) is 5.56 Å². The second-order valence-electron chi connectivity index (χ2n) is 5.46. The SMILES string of the molecule is COc1ccc(NC(=O)Cn2nc3c(cc2=O)CCCC3)cn1. The van der Waals surface area contributed by atoms with E-state index in [1.165, 1.54) is 18.0 Å². The molecule has 1 amide bonds. The third-order valence-corrected chi connectivity index (χ3v) is 3.80. The Hall–Kier alpha value is -2.70. The monoisotopic (exact) mass is 314 g/mol. The predicted molar refractivity (Wildman–Crippen MR) is 84.6 cm³/mol. The lowest BCUT2D eigenvalue weighted by molar-refractivity contribution is -0.117. The van der Waals surface area contributed by atoms with Gasteiger partial charge in [-0.15, -0.1) is 0 Å². The van der Waals surface area contributed by atoms with Crippen LogP contribution >= 0.6 is 0 Å². The molecular weight excluding hydrogens is 296 g/mol. The Kier molecular flexibility index (Phi) is 4.36. The second kappa shape index (κ2) is 6.60. The van der Waals surface area contributed by atoms with Crippen molar-refractivity contribution in [3.63, 3.8) is 0 Å². The highest BCUT2D eigenvalue weighted by molar-refractivity contribution is 5.90. The maximum Gasteiger partial charge on any atom is 0.267 e. The van der Waals surface area contributed by atoms with E-state index in [0.717, 1.165) is 36.9 Å². The Labute approximate surface area is 133 Å². The molecule has 0 unspecified atom stereocenters. The van der Waals surface area contributed by atoms with E-state index in [2.05, 4.69) is 15.4 Å². The van der Waals surface area contributed by atoms with Crippen LogP contribution in [0.5, 0.6) is 5.88 Å². The summed E-state index contributed by atoms with van der Waals surface area (Å²) in [6.45, 7) is -0.113. The summed E-state index contributed by atoms with van der Waals surface area (Å²) in [4.78, 5) is 28.2. The third-order valence-electron chi connectivity index (χ3n) is 3.80. The van der Waals surface area contributed by atoms with Crippen LogP contribution in [0.3, 0.4) is 0 Å². The van der Waals surface area contributed by atoms with E-state index in [1.807, 2.05) is 0 Å². The number of nitrogens with one attached hydrogen (secondary N) is 1. The predicted octanol–water partition coefficient (Wildman–Crippen LogP) is 1.16. The van der Waals surface area contributed by atoms with Gasteiger partial charge in [0.15, 0.2) is 0 Å². The van der Waals surface area contributed by atoms with Gasteiger partial charge < -0.3 is 10.1 Å². The lowest BCUT2D eigenvalue weighted by Gasteiger charge is -2.15. The van der Waals surface area contributed by atoms with Gasteiger partial charge in [-0.2, -0.15) is 5.10 Å². The number of pyridine rings is 1. The fraction of sp³-hybridized carbons (Fsp3) is 0.375. The highest BCUT2D eigenvalue weighted by Crippen LogP contribution is 2.17. The smallest absolute Gasteiger partial charge is 0.267 e. The van der Waals surface area contributed by atoms with Gasteiger partial charge >= 0.3 is 0 Å². The Morgan fingerprint density at radius 1 is 1.35 bits per heavy atom. The number of carbonyl (C=O) groups is 1. The van der Waals surface area contributed by atoms with Crippen molar-refractivity contribution in [2.45, 2.75) is 32.2 Å². The zero-order chi connectivity index (χ0) is 16.2. The van der Waals surface area contributed by atoms with Gasteiger partial charge in [-0.25, -0.2) is 9.67 Å². The maximum atomic E-state index is 12.1. The molecule has 7 heteroatoms. The van der Waals surface area contributed by atoms with Crippen molar-refractivity contribution in [3.05, 3.63) is 46.0 Å². The summed E-state index contributed by atoms with van der Waals surface area (Å²) < 4.78 is 6.18. The fourth-order valence-corrected chi connectivity index (χ4v) is 2.63. The van der Waals surface area contributed by atoms with Crippen molar-refractivity contribution in [3.8, 4) is 5.88 Å². The molecule has 0 saturated carbocycles. The van der Waals surface area contributed by atoms with Crippen LogP contribution < -0.4 is 15.6 Å².